The van der Waals surface area contributed by atoms with Gasteiger partial charge in [-0.1, -0.05) is 27.7 Å². The van der Waals surface area contributed by atoms with E-state index >= 15 is 0 Å². The zero-order valence-corrected chi connectivity index (χ0v) is 11.2. The molecule has 1 nitrogen and oxygen atoms in total. The molecule has 15 heavy (non-hydrogen) atoms. The normalized spacial score (nSPS) is 43.8. The van der Waals surface area contributed by atoms with E-state index in [0.717, 1.165) is 35.5 Å². The fourth-order valence-electron chi connectivity index (χ4n) is 4.03. The lowest BCUT2D eigenvalue weighted by Gasteiger charge is -2.22. The minimum Gasteiger partial charge on any atom is -0.333 e. The predicted octanol–water partition coefficient (Wildman–Crippen LogP) is 3.54. The van der Waals surface area contributed by atoms with Crippen molar-refractivity contribution >= 4 is 0 Å². The van der Waals surface area contributed by atoms with E-state index in [2.05, 4.69) is 33.4 Å². The summed E-state index contributed by atoms with van der Waals surface area (Å²) in [5, 5.41) is 0. The molecule has 0 spiro atoms. The van der Waals surface area contributed by atoms with Crippen LogP contribution >= 0.6 is 0 Å². The van der Waals surface area contributed by atoms with Crippen molar-refractivity contribution in [3.8, 4) is 0 Å². The summed E-state index contributed by atoms with van der Waals surface area (Å²) in [6.07, 6.45) is 4.57. The SMILES string of the molecule is CC(C)C1CCC2C(C)C(C)CC12.CN. The van der Waals surface area contributed by atoms with Gasteiger partial charge in [0.1, 0.15) is 0 Å². The fourth-order valence-corrected chi connectivity index (χ4v) is 4.03. The summed E-state index contributed by atoms with van der Waals surface area (Å²) in [4.78, 5) is 0. The largest absolute Gasteiger partial charge is 0.333 e. The molecule has 0 saturated heterocycles. The Morgan fingerprint density at radius 3 is 2.13 bits per heavy atom. The quantitative estimate of drug-likeness (QED) is 0.705. The van der Waals surface area contributed by atoms with Crippen LogP contribution in [0.2, 0.25) is 0 Å². The Morgan fingerprint density at radius 2 is 1.60 bits per heavy atom. The Bertz CT molecular complexity index is 186. The number of fused-ring (bicyclic) bond motifs is 1. The summed E-state index contributed by atoms with van der Waals surface area (Å²) in [7, 11) is 1.50. The number of nitrogens with two attached hydrogens (primary N) is 1. The molecule has 5 unspecified atom stereocenters. The molecule has 1 heteroatoms. The second kappa shape index (κ2) is 5.34. The third-order valence-electron chi connectivity index (χ3n) is 5.01. The summed E-state index contributed by atoms with van der Waals surface area (Å²) in [6.45, 7) is 9.78. The van der Waals surface area contributed by atoms with Crippen molar-refractivity contribution in [1.29, 1.82) is 0 Å². The molecular formula is C14H29N. The van der Waals surface area contributed by atoms with Crippen molar-refractivity contribution < 1.29 is 0 Å². The van der Waals surface area contributed by atoms with Crippen molar-refractivity contribution in [3.63, 3.8) is 0 Å². The van der Waals surface area contributed by atoms with E-state index in [9.17, 15) is 0 Å². The third kappa shape index (κ3) is 2.38. The van der Waals surface area contributed by atoms with Crippen LogP contribution in [-0.4, -0.2) is 7.05 Å². The predicted molar refractivity (Wildman–Crippen MR) is 67.6 cm³/mol. The smallest absolute Gasteiger partial charge is 0.0195 e. The summed E-state index contributed by atoms with van der Waals surface area (Å²) in [6, 6.07) is 0. The van der Waals surface area contributed by atoms with Gasteiger partial charge in [0, 0.05) is 0 Å². The van der Waals surface area contributed by atoms with Crippen LogP contribution in [0.15, 0.2) is 0 Å². The van der Waals surface area contributed by atoms with E-state index in [4.69, 9.17) is 0 Å². The van der Waals surface area contributed by atoms with Gasteiger partial charge in [0.15, 0.2) is 0 Å². The molecule has 5 atom stereocenters. The van der Waals surface area contributed by atoms with Gasteiger partial charge in [-0.3, -0.25) is 0 Å². The van der Waals surface area contributed by atoms with Gasteiger partial charge in [-0.15, -0.1) is 0 Å². The van der Waals surface area contributed by atoms with Gasteiger partial charge in [0.25, 0.3) is 0 Å². The van der Waals surface area contributed by atoms with Crippen molar-refractivity contribution in [2.24, 2.45) is 41.2 Å². The average Bonchev–Trinajstić information content (AvgIpc) is 2.73. The van der Waals surface area contributed by atoms with E-state index in [-0.39, 0.29) is 0 Å². The highest BCUT2D eigenvalue weighted by atomic mass is 14.5. The number of rotatable bonds is 1. The molecule has 0 aromatic rings. The molecule has 0 bridgehead atoms. The molecule has 2 N–H and O–H groups in total. The van der Waals surface area contributed by atoms with E-state index in [0.29, 0.717) is 0 Å². The van der Waals surface area contributed by atoms with Crippen LogP contribution in [0.3, 0.4) is 0 Å². The van der Waals surface area contributed by atoms with E-state index in [1.54, 1.807) is 0 Å². The summed E-state index contributed by atoms with van der Waals surface area (Å²) >= 11 is 0. The first-order chi connectivity index (χ1) is 7.11. The lowest BCUT2D eigenvalue weighted by Crippen LogP contribution is -2.16. The van der Waals surface area contributed by atoms with Gasteiger partial charge in [0.05, 0.1) is 0 Å². The van der Waals surface area contributed by atoms with E-state index in [1.165, 1.54) is 26.3 Å². The third-order valence-corrected chi connectivity index (χ3v) is 5.01. The Labute approximate surface area is 95.8 Å². The van der Waals surface area contributed by atoms with Crippen LogP contribution in [0.5, 0.6) is 0 Å². The van der Waals surface area contributed by atoms with Gasteiger partial charge < -0.3 is 5.73 Å². The highest BCUT2D eigenvalue weighted by Crippen LogP contribution is 2.54. The minimum atomic E-state index is 0.924. The maximum atomic E-state index is 4.50. The van der Waals surface area contributed by atoms with Crippen LogP contribution in [0.1, 0.15) is 47.0 Å². The van der Waals surface area contributed by atoms with Crippen LogP contribution in [0.25, 0.3) is 0 Å². The standard InChI is InChI=1S/C13H24.CH5N/c1-8(2)11-5-6-12-10(4)9(3)7-13(11)12;1-2/h8-13H,5-7H2,1-4H3;2H2,1H3. The van der Waals surface area contributed by atoms with Gasteiger partial charge in [0.2, 0.25) is 0 Å². The van der Waals surface area contributed by atoms with Crippen molar-refractivity contribution in [2.75, 3.05) is 7.05 Å². The van der Waals surface area contributed by atoms with Gasteiger partial charge in [-0.2, -0.15) is 0 Å². The van der Waals surface area contributed by atoms with E-state index in [1.807, 2.05) is 0 Å². The van der Waals surface area contributed by atoms with Crippen LogP contribution < -0.4 is 5.73 Å². The maximum Gasteiger partial charge on any atom is -0.0195 e. The Morgan fingerprint density at radius 1 is 1.00 bits per heavy atom. The first-order valence-electron chi connectivity index (χ1n) is 6.69. The van der Waals surface area contributed by atoms with Gasteiger partial charge >= 0.3 is 0 Å². The molecule has 0 aliphatic heterocycles. The zero-order chi connectivity index (χ0) is 11.6. The monoisotopic (exact) mass is 211 g/mol. The van der Waals surface area contributed by atoms with Crippen molar-refractivity contribution in [1.82, 2.24) is 0 Å². The highest BCUT2D eigenvalue weighted by Gasteiger charge is 2.46. The fraction of sp³-hybridized carbons (Fsp3) is 1.00. The molecule has 0 radical (unpaired) electrons. The van der Waals surface area contributed by atoms with Gasteiger partial charge in [-0.25, -0.2) is 0 Å². The molecule has 0 amide bonds. The summed E-state index contributed by atoms with van der Waals surface area (Å²) in [5.74, 6) is 6.16. The van der Waals surface area contributed by atoms with Crippen molar-refractivity contribution in [2.45, 2.75) is 47.0 Å². The second-order valence-corrected chi connectivity index (χ2v) is 5.89. The summed E-state index contributed by atoms with van der Waals surface area (Å²) in [5.41, 5.74) is 4.50. The Balaban J connectivity index is 0.000000531. The van der Waals surface area contributed by atoms with Gasteiger partial charge in [-0.05, 0) is 61.8 Å². The molecule has 0 aromatic carbocycles. The molecule has 2 fully saturated rings. The second-order valence-electron chi connectivity index (χ2n) is 5.89. The molecular weight excluding hydrogens is 182 g/mol. The van der Waals surface area contributed by atoms with Crippen molar-refractivity contribution in [3.05, 3.63) is 0 Å². The number of hydrogen-bond acceptors (Lipinski definition) is 1. The molecule has 0 aromatic heterocycles. The minimum absolute atomic E-state index is 0.924. The van der Waals surface area contributed by atoms with Crippen LogP contribution in [0, 0.1) is 35.5 Å². The van der Waals surface area contributed by atoms with Crippen LogP contribution in [-0.2, 0) is 0 Å². The lowest BCUT2D eigenvalue weighted by molar-refractivity contribution is 0.265. The molecule has 2 aliphatic carbocycles. The number of hydrogen-bond donors (Lipinski definition) is 1. The Kier molecular flexibility index (Phi) is 4.64. The highest BCUT2D eigenvalue weighted by molar-refractivity contribution is 4.95. The summed E-state index contributed by atoms with van der Waals surface area (Å²) < 4.78 is 0. The lowest BCUT2D eigenvalue weighted by atomic mass is 9.83. The topological polar surface area (TPSA) is 26.0 Å². The first kappa shape index (κ1) is 13.0. The maximum absolute atomic E-state index is 4.50. The average molecular weight is 211 g/mol. The van der Waals surface area contributed by atoms with E-state index < -0.39 is 0 Å². The first-order valence-corrected chi connectivity index (χ1v) is 6.69. The molecule has 90 valence electrons. The molecule has 2 saturated carbocycles. The Hall–Kier alpha value is -0.0400. The van der Waals surface area contributed by atoms with Crippen LogP contribution in [0.4, 0.5) is 0 Å². The molecule has 2 aliphatic rings. The zero-order valence-electron chi connectivity index (χ0n) is 11.2. The molecule has 2 rings (SSSR count). The molecule has 0 heterocycles.